The van der Waals surface area contributed by atoms with Crippen LogP contribution in [0, 0.1) is 0 Å². The zero-order valence-electron chi connectivity index (χ0n) is 9.39. The summed E-state index contributed by atoms with van der Waals surface area (Å²) in [6.45, 7) is 2.99. The quantitative estimate of drug-likeness (QED) is 0.808. The van der Waals surface area contributed by atoms with Crippen LogP contribution in [0.1, 0.15) is 11.1 Å². The van der Waals surface area contributed by atoms with Crippen LogP contribution < -0.4 is 5.73 Å². The molecule has 0 saturated heterocycles. The number of fused-ring (bicyclic) bond motifs is 1. The third-order valence-electron chi connectivity index (χ3n) is 2.95. The Labute approximate surface area is 104 Å². The molecule has 90 valence electrons. The molecule has 16 heavy (non-hydrogen) atoms. The van der Waals surface area contributed by atoms with E-state index in [0.717, 1.165) is 19.5 Å². The molecular weight excluding hydrogens is 220 g/mol. The maximum absolute atomic E-state index is 9.49. The summed E-state index contributed by atoms with van der Waals surface area (Å²) in [5.41, 5.74) is 8.23. The Bertz CT molecular complexity index is 333. The van der Waals surface area contributed by atoms with E-state index in [0.29, 0.717) is 13.1 Å². The summed E-state index contributed by atoms with van der Waals surface area (Å²) in [6, 6.07) is 8.51. The molecule has 0 fully saturated rings. The highest BCUT2D eigenvalue weighted by molar-refractivity contribution is 7.59. The van der Waals surface area contributed by atoms with Crippen LogP contribution in [0.15, 0.2) is 24.3 Å². The van der Waals surface area contributed by atoms with Crippen molar-refractivity contribution >= 4 is 13.5 Å². The Morgan fingerprint density at radius 2 is 2.00 bits per heavy atom. The fourth-order valence-corrected chi connectivity index (χ4v) is 2.08. The molecule has 0 bridgehead atoms. The first kappa shape index (κ1) is 13.5. The molecule has 1 atom stereocenters. The topological polar surface area (TPSA) is 49.5 Å². The molecule has 2 rings (SSSR count). The van der Waals surface area contributed by atoms with E-state index in [1.165, 1.54) is 11.1 Å². The Balaban J connectivity index is 0.00000128. The van der Waals surface area contributed by atoms with Crippen LogP contribution in [-0.4, -0.2) is 35.7 Å². The predicted molar refractivity (Wildman–Crippen MR) is 70.9 cm³/mol. The molecule has 0 unspecified atom stereocenters. The highest BCUT2D eigenvalue weighted by Gasteiger charge is 2.17. The largest absolute Gasteiger partial charge is 0.390 e. The van der Waals surface area contributed by atoms with E-state index in [9.17, 15) is 5.11 Å². The molecule has 1 aliphatic heterocycles. The molecule has 3 nitrogen and oxygen atoms in total. The summed E-state index contributed by atoms with van der Waals surface area (Å²) in [4.78, 5) is 2.26. The van der Waals surface area contributed by atoms with Gasteiger partial charge in [-0.3, -0.25) is 4.90 Å². The van der Waals surface area contributed by atoms with Crippen LogP contribution in [-0.2, 0) is 13.0 Å². The van der Waals surface area contributed by atoms with Gasteiger partial charge < -0.3 is 10.8 Å². The SMILES string of the molecule is NC[C@H](O)CN1CCc2ccccc2C1.S. The third-order valence-corrected chi connectivity index (χ3v) is 2.95. The second-order valence-electron chi connectivity index (χ2n) is 4.14. The summed E-state index contributed by atoms with van der Waals surface area (Å²) in [7, 11) is 0. The van der Waals surface area contributed by atoms with Crippen LogP contribution in [0.2, 0.25) is 0 Å². The average Bonchev–Trinajstić information content (AvgIpc) is 2.29. The lowest BCUT2D eigenvalue weighted by molar-refractivity contribution is 0.111. The number of hydrogen-bond acceptors (Lipinski definition) is 3. The van der Waals surface area contributed by atoms with Crippen molar-refractivity contribution in [2.45, 2.75) is 19.1 Å². The van der Waals surface area contributed by atoms with Crippen molar-refractivity contribution in [2.24, 2.45) is 5.73 Å². The van der Waals surface area contributed by atoms with E-state index >= 15 is 0 Å². The molecule has 0 spiro atoms. The Hall–Kier alpha value is -0.550. The average molecular weight is 240 g/mol. The summed E-state index contributed by atoms with van der Waals surface area (Å²) < 4.78 is 0. The van der Waals surface area contributed by atoms with E-state index in [1.807, 2.05) is 0 Å². The number of aliphatic hydroxyl groups excluding tert-OH is 1. The second kappa shape index (κ2) is 6.25. The lowest BCUT2D eigenvalue weighted by atomic mass is 10.00. The minimum absolute atomic E-state index is 0. The van der Waals surface area contributed by atoms with Gasteiger partial charge in [0.25, 0.3) is 0 Å². The number of benzene rings is 1. The van der Waals surface area contributed by atoms with Gasteiger partial charge in [0.05, 0.1) is 6.10 Å². The molecular formula is C12H20N2OS. The fourth-order valence-electron chi connectivity index (χ4n) is 2.08. The van der Waals surface area contributed by atoms with Crippen molar-refractivity contribution in [1.82, 2.24) is 4.90 Å². The van der Waals surface area contributed by atoms with Crippen molar-refractivity contribution < 1.29 is 5.11 Å². The third kappa shape index (κ3) is 3.22. The van der Waals surface area contributed by atoms with Crippen LogP contribution in [0.5, 0.6) is 0 Å². The van der Waals surface area contributed by atoms with Crippen molar-refractivity contribution in [1.29, 1.82) is 0 Å². The summed E-state index contributed by atoms with van der Waals surface area (Å²) in [6.07, 6.45) is 0.684. The Morgan fingerprint density at radius 3 is 2.69 bits per heavy atom. The number of rotatable bonds is 3. The zero-order chi connectivity index (χ0) is 10.7. The van der Waals surface area contributed by atoms with Gasteiger partial charge in [0.15, 0.2) is 0 Å². The summed E-state index contributed by atoms with van der Waals surface area (Å²) >= 11 is 0. The summed E-state index contributed by atoms with van der Waals surface area (Å²) in [5, 5.41) is 9.49. The van der Waals surface area contributed by atoms with Crippen LogP contribution in [0.25, 0.3) is 0 Å². The van der Waals surface area contributed by atoms with E-state index < -0.39 is 6.10 Å². The van der Waals surface area contributed by atoms with Gasteiger partial charge in [-0.05, 0) is 17.5 Å². The monoisotopic (exact) mass is 240 g/mol. The van der Waals surface area contributed by atoms with Gasteiger partial charge in [-0.25, -0.2) is 0 Å². The van der Waals surface area contributed by atoms with Crippen molar-refractivity contribution in [3.05, 3.63) is 35.4 Å². The van der Waals surface area contributed by atoms with Gasteiger partial charge >= 0.3 is 0 Å². The molecule has 0 amide bonds. The first-order valence-electron chi connectivity index (χ1n) is 5.47. The number of nitrogens with two attached hydrogens (primary N) is 1. The van der Waals surface area contributed by atoms with Gasteiger partial charge in [-0.2, -0.15) is 13.5 Å². The maximum atomic E-state index is 9.49. The standard InChI is InChI=1S/C12H18N2O.H2S/c13-7-12(15)9-14-6-5-10-3-1-2-4-11(10)8-14;/h1-4,12,15H,5-9,13H2;1H2/t12-;/m0./s1. The number of nitrogens with zero attached hydrogens (tertiary/aromatic N) is 1. The fraction of sp³-hybridized carbons (Fsp3) is 0.500. The smallest absolute Gasteiger partial charge is 0.0789 e. The van der Waals surface area contributed by atoms with Gasteiger partial charge in [-0.15, -0.1) is 0 Å². The first-order chi connectivity index (χ1) is 7.29. The highest BCUT2D eigenvalue weighted by Crippen LogP contribution is 2.18. The van der Waals surface area contributed by atoms with Crippen molar-refractivity contribution in [3.8, 4) is 0 Å². The molecule has 0 aliphatic carbocycles. The van der Waals surface area contributed by atoms with E-state index in [-0.39, 0.29) is 13.5 Å². The molecule has 1 heterocycles. The van der Waals surface area contributed by atoms with Crippen molar-refractivity contribution in [2.75, 3.05) is 19.6 Å². The molecule has 0 aromatic heterocycles. The van der Waals surface area contributed by atoms with Crippen LogP contribution in [0.4, 0.5) is 0 Å². The first-order valence-corrected chi connectivity index (χ1v) is 5.47. The molecule has 1 aromatic rings. The number of hydrogen-bond donors (Lipinski definition) is 2. The molecule has 3 N–H and O–H groups in total. The van der Waals surface area contributed by atoms with E-state index in [4.69, 9.17) is 5.73 Å². The molecule has 4 heteroatoms. The van der Waals surface area contributed by atoms with E-state index in [2.05, 4.69) is 29.2 Å². The number of β-amino-alcohol motifs (C(OH)–C–C–N with tert-alkyl or cyclic N) is 1. The van der Waals surface area contributed by atoms with E-state index in [1.54, 1.807) is 0 Å². The Morgan fingerprint density at radius 1 is 1.31 bits per heavy atom. The number of aliphatic hydroxyl groups is 1. The maximum Gasteiger partial charge on any atom is 0.0789 e. The van der Waals surface area contributed by atoms with Gasteiger partial charge in [0.2, 0.25) is 0 Å². The minimum Gasteiger partial charge on any atom is -0.390 e. The van der Waals surface area contributed by atoms with Gasteiger partial charge in [-0.1, -0.05) is 24.3 Å². The Kier molecular flexibility index (Phi) is 5.28. The summed E-state index contributed by atoms with van der Waals surface area (Å²) in [5.74, 6) is 0. The lowest BCUT2D eigenvalue weighted by Crippen LogP contribution is -2.39. The normalized spacial score (nSPS) is 17.4. The van der Waals surface area contributed by atoms with Crippen molar-refractivity contribution in [3.63, 3.8) is 0 Å². The van der Waals surface area contributed by atoms with Gasteiger partial charge in [0.1, 0.15) is 0 Å². The zero-order valence-corrected chi connectivity index (χ0v) is 10.4. The molecule has 0 saturated carbocycles. The molecule has 0 radical (unpaired) electrons. The predicted octanol–water partition coefficient (Wildman–Crippen LogP) is 0.477. The highest BCUT2D eigenvalue weighted by atomic mass is 32.1. The second-order valence-corrected chi connectivity index (χ2v) is 4.14. The molecule has 1 aromatic carbocycles. The van der Waals surface area contributed by atoms with Crippen LogP contribution in [0.3, 0.4) is 0 Å². The van der Waals surface area contributed by atoms with Crippen LogP contribution >= 0.6 is 13.5 Å². The lowest BCUT2D eigenvalue weighted by Gasteiger charge is -2.29. The minimum atomic E-state index is -0.393. The van der Waals surface area contributed by atoms with Gasteiger partial charge in [0, 0.05) is 26.2 Å². The molecule has 1 aliphatic rings.